The summed E-state index contributed by atoms with van der Waals surface area (Å²) < 4.78 is 5.26. The molecule has 4 heteroatoms. The Labute approximate surface area is 74.0 Å². The minimum absolute atomic E-state index is 0.332. The van der Waals surface area contributed by atoms with Crippen LogP contribution in [0.5, 0.6) is 0 Å². The minimum Gasteiger partial charge on any atom is -0.379 e. The van der Waals surface area contributed by atoms with Crippen molar-refractivity contribution in [2.24, 2.45) is 5.84 Å². The van der Waals surface area contributed by atoms with Crippen LogP contribution in [-0.2, 0) is 4.74 Å². The van der Waals surface area contributed by atoms with E-state index in [0.29, 0.717) is 6.17 Å². The quantitative estimate of drug-likeness (QED) is 0.461. The number of rotatable bonds is 4. The molecule has 0 aromatic rings. The fourth-order valence-electron chi connectivity index (χ4n) is 1.53. The number of hydrogen-bond acceptors (Lipinski definition) is 4. The van der Waals surface area contributed by atoms with Crippen molar-refractivity contribution in [1.29, 1.82) is 0 Å². The van der Waals surface area contributed by atoms with Crippen LogP contribution < -0.4 is 11.3 Å². The summed E-state index contributed by atoms with van der Waals surface area (Å²) in [5, 5.41) is 0. The average Bonchev–Trinajstić information content (AvgIpc) is 2.15. The Morgan fingerprint density at radius 3 is 2.67 bits per heavy atom. The maximum atomic E-state index is 5.46. The van der Waals surface area contributed by atoms with Crippen molar-refractivity contribution in [3.05, 3.63) is 0 Å². The van der Waals surface area contributed by atoms with Crippen molar-refractivity contribution in [3.63, 3.8) is 0 Å². The van der Waals surface area contributed by atoms with E-state index in [2.05, 4.69) is 17.2 Å². The summed E-state index contributed by atoms with van der Waals surface area (Å²) in [6, 6.07) is 0. The summed E-state index contributed by atoms with van der Waals surface area (Å²) in [6.07, 6.45) is 2.60. The normalized spacial score (nSPS) is 22.5. The summed E-state index contributed by atoms with van der Waals surface area (Å²) in [7, 11) is 0. The summed E-state index contributed by atoms with van der Waals surface area (Å²) in [4.78, 5) is 2.34. The molecule has 72 valence electrons. The number of hydrogen-bond donors (Lipinski definition) is 2. The molecule has 0 spiro atoms. The van der Waals surface area contributed by atoms with Crippen molar-refractivity contribution in [2.75, 3.05) is 26.3 Å². The van der Waals surface area contributed by atoms with Crippen molar-refractivity contribution in [2.45, 2.75) is 25.9 Å². The van der Waals surface area contributed by atoms with Crippen LogP contribution in [0.15, 0.2) is 0 Å². The van der Waals surface area contributed by atoms with Crippen molar-refractivity contribution < 1.29 is 4.74 Å². The highest BCUT2D eigenvalue weighted by Crippen LogP contribution is 2.05. The average molecular weight is 173 g/mol. The molecule has 1 heterocycles. The van der Waals surface area contributed by atoms with Gasteiger partial charge in [-0.3, -0.25) is 10.7 Å². The van der Waals surface area contributed by atoms with Crippen molar-refractivity contribution >= 4 is 0 Å². The third-order valence-corrected chi connectivity index (χ3v) is 2.24. The second kappa shape index (κ2) is 5.48. The molecular formula is C8H19N3O. The molecule has 1 fully saturated rings. The highest BCUT2D eigenvalue weighted by Gasteiger charge is 2.18. The van der Waals surface area contributed by atoms with Gasteiger partial charge in [0.2, 0.25) is 0 Å². The van der Waals surface area contributed by atoms with E-state index in [0.717, 1.165) is 39.1 Å². The zero-order chi connectivity index (χ0) is 8.81. The fourth-order valence-corrected chi connectivity index (χ4v) is 1.53. The Morgan fingerprint density at radius 1 is 1.50 bits per heavy atom. The molecule has 0 aromatic carbocycles. The minimum atomic E-state index is 0.332. The molecule has 0 aromatic heterocycles. The Kier molecular flexibility index (Phi) is 4.53. The Bertz CT molecular complexity index is 112. The first-order chi connectivity index (χ1) is 5.88. The van der Waals surface area contributed by atoms with Crippen LogP contribution >= 0.6 is 0 Å². The number of nitrogens with one attached hydrogen (secondary N) is 1. The lowest BCUT2D eigenvalue weighted by Gasteiger charge is -2.33. The molecule has 1 aliphatic heterocycles. The van der Waals surface area contributed by atoms with Gasteiger partial charge in [0.15, 0.2) is 0 Å². The molecule has 3 N–H and O–H groups in total. The highest BCUT2D eigenvalue weighted by atomic mass is 16.5. The Hall–Kier alpha value is -0.160. The summed E-state index contributed by atoms with van der Waals surface area (Å²) in [6.45, 7) is 5.83. The molecule has 4 nitrogen and oxygen atoms in total. The van der Waals surface area contributed by atoms with Gasteiger partial charge in [0.1, 0.15) is 0 Å². The van der Waals surface area contributed by atoms with E-state index >= 15 is 0 Å². The molecule has 12 heavy (non-hydrogen) atoms. The first-order valence-electron chi connectivity index (χ1n) is 4.66. The van der Waals surface area contributed by atoms with Crippen LogP contribution in [0.1, 0.15) is 19.8 Å². The second-order valence-electron chi connectivity index (χ2n) is 3.12. The SMILES string of the molecule is CCCC(NN)N1CCOCC1. The van der Waals surface area contributed by atoms with Crippen molar-refractivity contribution in [3.8, 4) is 0 Å². The maximum Gasteiger partial charge on any atom is 0.0728 e. The molecule has 1 rings (SSSR count). The molecule has 1 atom stereocenters. The molecule has 0 saturated carbocycles. The number of morpholine rings is 1. The van der Waals surface area contributed by atoms with Crippen LogP contribution in [0.25, 0.3) is 0 Å². The van der Waals surface area contributed by atoms with Gasteiger partial charge in [-0.15, -0.1) is 0 Å². The predicted octanol–water partition coefficient (Wildman–Crippen LogP) is -0.0919. The van der Waals surface area contributed by atoms with Gasteiger partial charge in [-0.2, -0.15) is 0 Å². The number of nitrogens with two attached hydrogens (primary N) is 1. The highest BCUT2D eigenvalue weighted by molar-refractivity contribution is 4.69. The molecule has 0 aliphatic carbocycles. The second-order valence-corrected chi connectivity index (χ2v) is 3.12. The van der Waals surface area contributed by atoms with Gasteiger partial charge >= 0.3 is 0 Å². The molecule has 1 unspecified atom stereocenters. The lowest BCUT2D eigenvalue weighted by Crippen LogP contribution is -2.52. The third kappa shape index (κ3) is 2.71. The van der Waals surface area contributed by atoms with E-state index in [-0.39, 0.29) is 0 Å². The van der Waals surface area contributed by atoms with Gasteiger partial charge in [-0.05, 0) is 6.42 Å². The van der Waals surface area contributed by atoms with Gasteiger partial charge in [-0.25, -0.2) is 5.43 Å². The van der Waals surface area contributed by atoms with Gasteiger partial charge in [0.05, 0.1) is 19.4 Å². The van der Waals surface area contributed by atoms with E-state index in [4.69, 9.17) is 10.6 Å². The molecule has 0 bridgehead atoms. The van der Waals surface area contributed by atoms with E-state index < -0.39 is 0 Å². The van der Waals surface area contributed by atoms with Crippen LogP contribution in [-0.4, -0.2) is 37.4 Å². The van der Waals surface area contributed by atoms with Crippen molar-refractivity contribution in [1.82, 2.24) is 10.3 Å². The lowest BCUT2D eigenvalue weighted by atomic mass is 10.2. The molecule has 0 amide bonds. The molecule has 1 aliphatic rings. The molecule has 1 saturated heterocycles. The van der Waals surface area contributed by atoms with Crippen LogP contribution in [0, 0.1) is 0 Å². The van der Waals surface area contributed by atoms with Gasteiger partial charge in [-0.1, -0.05) is 13.3 Å². The number of nitrogens with zero attached hydrogens (tertiary/aromatic N) is 1. The fraction of sp³-hybridized carbons (Fsp3) is 1.00. The van der Waals surface area contributed by atoms with Gasteiger partial charge < -0.3 is 4.74 Å². The van der Waals surface area contributed by atoms with E-state index in [1.54, 1.807) is 0 Å². The van der Waals surface area contributed by atoms with Gasteiger partial charge in [0.25, 0.3) is 0 Å². The summed E-state index contributed by atoms with van der Waals surface area (Å²) in [5.41, 5.74) is 2.84. The third-order valence-electron chi connectivity index (χ3n) is 2.24. The van der Waals surface area contributed by atoms with E-state index in [1.165, 1.54) is 0 Å². The monoisotopic (exact) mass is 173 g/mol. The Morgan fingerprint density at radius 2 is 2.17 bits per heavy atom. The molecule has 0 radical (unpaired) electrons. The van der Waals surface area contributed by atoms with Gasteiger partial charge in [0, 0.05) is 13.1 Å². The zero-order valence-electron chi connectivity index (χ0n) is 7.75. The van der Waals surface area contributed by atoms with Crippen LogP contribution in [0.4, 0.5) is 0 Å². The smallest absolute Gasteiger partial charge is 0.0728 e. The first-order valence-corrected chi connectivity index (χ1v) is 4.66. The van der Waals surface area contributed by atoms with Crippen LogP contribution in [0.3, 0.4) is 0 Å². The largest absolute Gasteiger partial charge is 0.379 e. The molecular weight excluding hydrogens is 154 g/mol. The van der Waals surface area contributed by atoms with E-state index in [1.807, 2.05) is 0 Å². The predicted molar refractivity (Wildman–Crippen MR) is 48.4 cm³/mol. The first kappa shape index (κ1) is 9.92. The Balaban J connectivity index is 2.29. The summed E-state index contributed by atoms with van der Waals surface area (Å²) in [5.74, 6) is 5.46. The zero-order valence-corrected chi connectivity index (χ0v) is 7.75. The van der Waals surface area contributed by atoms with Crippen LogP contribution in [0.2, 0.25) is 0 Å². The lowest BCUT2D eigenvalue weighted by molar-refractivity contribution is 0.00664. The number of hydrazine groups is 1. The maximum absolute atomic E-state index is 5.46. The number of ether oxygens (including phenoxy) is 1. The van der Waals surface area contributed by atoms with E-state index in [9.17, 15) is 0 Å². The topological polar surface area (TPSA) is 50.5 Å². The standard InChI is InChI=1S/C8H19N3O/c1-2-3-8(10-9)11-4-6-12-7-5-11/h8,10H,2-7,9H2,1H3. The summed E-state index contributed by atoms with van der Waals surface area (Å²) >= 11 is 0.